The Labute approximate surface area is 67.2 Å². The molecule has 2 nitrogen and oxygen atoms in total. The van der Waals surface area contributed by atoms with Crippen LogP contribution in [-0.2, 0) is 6.54 Å². The van der Waals surface area contributed by atoms with Crippen LogP contribution in [0.3, 0.4) is 0 Å². The lowest BCUT2D eigenvalue weighted by Crippen LogP contribution is -2.17. The van der Waals surface area contributed by atoms with Crippen molar-refractivity contribution in [3.63, 3.8) is 0 Å². The molecule has 0 fully saturated rings. The zero-order chi connectivity index (χ0) is 7.68. The van der Waals surface area contributed by atoms with E-state index in [4.69, 9.17) is 0 Å². The van der Waals surface area contributed by atoms with Gasteiger partial charge in [-0.3, -0.25) is 0 Å². The van der Waals surface area contributed by atoms with Gasteiger partial charge in [-0.15, -0.1) is 0 Å². The van der Waals surface area contributed by atoms with E-state index in [1.807, 2.05) is 0 Å². The first kappa shape index (κ1) is 6.92. The zero-order valence-corrected chi connectivity index (χ0v) is 6.88. The Morgan fingerprint density at radius 2 is 2.55 bits per heavy atom. The van der Waals surface area contributed by atoms with E-state index in [9.17, 15) is 0 Å². The van der Waals surface area contributed by atoms with Gasteiger partial charge in [0.15, 0.2) is 0 Å². The largest absolute Gasteiger partial charge is 0.350 e. The third kappa shape index (κ3) is 1.18. The maximum Gasteiger partial charge on any atom is 0.0446 e. The summed E-state index contributed by atoms with van der Waals surface area (Å²) in [5.41, 5.74) is 1.42. The number of nitrogens with one attached hydrogen (secondary N) is 1. The van der Waals surface area contributed by atoms with Gasteiger partial charge in [0, 0.05) is 24.5 Å². The molecule has 0 saturated carbocycles. The first-order valence-electron chi connectivity index (χ1n) is 4.26. The number of hydrogen-bond donors (Lipinski definition) is 1. The van der Waals surface area contributed by atoms with Gasteiger partial charge in [-0.25, -0.2) is 0 Å². The van der Waals surface area contributed by atoms with Crippen LogP contribution >= 0.6 is 0 Å². The summed E-state index contributed by atoms with van der Waals surface area (Å²) >= 11 is 0. The first-order valence-corrected chi connectivity index (χ1v) is 4.26. The molecule has 60 valence electrons. The summed E-state index contributed by atoms with van der Waals surface area (Å²) in [7, 11) is 0. The highest BCUT2D eigenvalue weighted by Crippen LogP contribution is 2.16. The molecule has 0 bridgehead atoms. The molecule has 0 amide bonds. The van der Waals surface area contributed by atoms with Crippen molar-refractivity contribution in [2.24, 2.45) is 0 Å². The van der Waals surface area contributed by atoms with Crippen LogP contribution in [-0.4, -0.2) is 11.1 Å². The minimum absolute atomic E-state index is 0.521. The Balaban J connectivity index is 2.34. The van der Waals surface area contributed by atoms with E-state index >= 15 is 0 Å². The van der Waals surface area contributed by atoms with Gasteiger partial charge in [-0.1, -0.05) is 0 Å². The number of aryl methyl sites for hydroxylation is 1. The summed E-state index contributed by atoms with van der Waals surface area (Å²) in [6.45, 7) is 4.53. The third-order valence-electron chi connectivity index (χ3n) is 2.33. The average molecular weight is 150 g/mol. The van der Waals surface area contributed by atoms with Gasteiger partial charge in [-0.2, -0.15) is 0 Å². The summed E-state index contributed by atoms with van der Waals surface area (Å²) < 4.78 is 2.34. The Morgan fingerprint density at radius 1 is 1.64 bits per heavy atom. The Hall–Kier alpha value is -0.760. The Bertz CT molecular complexity index is 239. The predicted octanol–water partition coefficient (Wildman–Crippen LogP) is 1.54. The molecule has 0 aromatic carbocycles. The maximum absolute atomic E-state index is 3.47. The second kappa shape index (κ2) is 2.70. The summed E-state index contributed by atoms with van der Waals surface area (Å²) in [5, 5.41) is 3.47. The molecule has 1 unspecified atom stereocenters. The smallest absolute Gasteiger partial charge is 0.0446 e. The molecule has 0 radical (unpaired) electrons. The number of fused-ring (bicyclic) bond motifs is 1. The van der Waals surface area contributed by atoms with Crippen molar-refractivity contribution in [2.45, 2.75) is 25.9 Å². The zero-order valence-electron chi connectivity index (χ0n) is 6.88. The molecule has 0 saturated heterocycles. The van der Waals surface area contributed by atoms with E-state index in [2.05, 4.69) is 35.1 Å². The van der Waals surface area contributed by atoms with Crippen molar-refractivity contribution in [3.8, 4) is 0 Å². The van der Waals surface area contributed by atoms with E-state index in [1.54, 1.807) is 0 Å². The quantitative estimate of drug-likeness (QED) is 0.593. The Morgan fingerprint density at radius 3 is 3.45 bits per heavy atom. The second-order valence-electron chi connectivity index (χ2n) is 3.16. The fourth-order valence-electron chi connectivity index (χ4n) is 1.70. The van der Waals surface area contributed by atoms with Gasteiger partial charge in [0.25, 0.3) is 0 Å². The molecule has 0 aliphatic carbocycles. The predicted molar refractivity (Wildman–Crippen MR) is 45.5 cm³/mol. The highest BCUT2D eigenvalue weighted by atomic mass is 15.0. The van der Waals surface area contributed by atoms with Crippen LogP contribution in [0.2, 0.25) is 0 Å². The molecule has 1 aliphatic rings. The van der Waals surface area contributed by atoms with Crippen LogP contribution in [0.1, 0.15) is 25.1 Å². The standard InChI is InChI=1S/C9H14N2/c1-8-9-4-2-6-11(9)7-3-5-10-8/h2,4,6,8,10H,3,5,7H2,1H3. The molecule has 1 aliphatic heterocycles. The lowest BCUT2D eigenvalue weighted by molar-refractivity contribution is 0.582. The average Bonchev–Trinajstić information content (AvgIpc) is 2.40. The summed E-state index contributed by atoms with van der Waals surface area (Å²) in [6.07, 6.45) is 3.41. The van der Waals surface area contributed by atoms with Crippen molar-refractivity contribution in [3.05, 3.63) is 24.0 Å². The molecule has 1 aromatic heterocycles. The molecule has 1 aromatic rings. The summed E-state index contributed by atoms with van der Waals surface area (Å²) in [6, 6.07) is 4.84. The summed E-state index contributed by atoms with van der Waals surface area (Å²) in [5.74, 6) is 0. The van der Waals surface area contributed by atoms with Crippen molar-refractivity contribution >= 4 is 0 Å². The fraction of sp³-hybridized carbons (Fsp3) is 0.556. The van der Waals surface area contributed by atoms with Crippen LogP contribution < -0.4 is 5.32 Å². The van der Waals surface area contributed by atoms with Crippen LogP contribution in [0.4, 0.5) is 0 Å². The van der Waals surface area contributed by atoms with Crippen molar-refractivity contribution in [1.29, 1.82) is 0 Å². The minimum atomic E-state index is 0.521. The monoisotopic (exact) mass is 150 g/mol. The molecule has 2 heteroatoms. The number of aromatic nitrogens is 1. The van der Waals surface area contributed by atoms with Gasteiger partial charge < -0.3 is 9.88 Å². The van der Waals surface area contributed by atoms with Crippen LogP contribution in [0.15, 0.2) is 18.3 Å². The SMILES string of the molecule is CC1NCCCn2cccc21. The van der Waals surface area contributed by atoms with Crippen LogP contribution in [0.25, 0.3) is 0 Å². The van der Waals surface area contributed by atoms with E-state index in [0.717, 1.165) is 6.54 Å². The van der Waals surface area contributed by atoms with Gasteiger partial charge in [0.2, 0.25) is 0 Å². The molecule has 1 atom stereocenters. The molecule has 11 heavy (non-hydrogen) atoms. The third-order valence-corrected chi connectivity index (χ3v) is 2.33. The van der Waals surface area contributed by atoms with E-state index in [0.29, 0.717) is 6.04 Å². The normalized spacial score (nSPS) is 24.3. The molecular weight excluding hydrogens is 136 g/mol. The topological polar surface area (TPSA) is 17.0 Å². The van der Waals surface area contributed by atoms with Gasteiger partial charge in [0.05, 0.1) is 0 Å². The lowest BCUT2D eigenvalue weighted by Gasteiger charge is -2.10. The van der Waals surface area contributed by atoms with Gasteiger partial charge in [0.1, 0.15) is 0 Å². The second-order valence-corrected chi connectivity index (χ2v) is 3.16. The number of hydrogen-bond acceptors (Lipinski definition) is 1. The van der Waals surface area contributed by atoms with Crippen LogP contribution in [0, 0.1) is 0 Å². The molecule has 0 spiro atoms. The molecular formula is C9H14N2. The summed E-state index contributed by atoms with van der Waals surface area (Å²) in [4.78, 5) is 0. The maximum atomic E-state index is 3.47. The molecule has 2 rings (SSSR count). The van der Waals surface area contributed by atoms with Crippen LogP contribution in [0.5, 0.6) is 0 Å². The minimum Gasteiger partial charge on any atom is -0.350 e. The molecule has 2 heterocycles. The first-order chi connectivity index (χ1) is 5.38. The number of nitrogens with zero attached hydrogens (tertiary/aromatic N) is 1. The fourth-order valence-corrected chi connectivity index (χ4v) is 1.70. The lowest BCUT2D eigenvalue weighted by atomic mass is 10.2. The van der Waals surface area contributed by atoms with Crippen molar-refractivity contribution < 1.29 is 0 Å². The van der Waals surface area contributed by atoms with E-state index < -0.39 is 0 Å². The van der Waals surface area contributed by atoms with Gasteiger partial charge in [-0.05, 0) is 32.0 Å². The molecule has 1 N–H and O–H groups in total. The highest BCUT2D eigenvalue weighted by molar-refractivity contribution is 5.12. The van der Waals surface area contributed by atoms with Crippen molar-refractivity contribution in [2.75, 3.05) is 6.54 Å². The number of rotatable bonds is 0. The van der Waals surface area contributed by atoms with Crippen molar-refractivity contribution in [1.82, 2.24) is 9.88 Å². The highest BCUT2D eigenvalue weighted by Gasteiger charge is 2.11. The van der Waals surface area contributed by atoms with Gasteiger partial charge >= 0.3 is 0 Å². The van der Waals surface area contributed by atoms with E-state index in [-0.39, 0.29) is 0 Å². The van der Waals surface area contributed by atoms with E-state index in [1.165, 1.54) is 18.7 Å². The Kier molecular flexibility index (Phi) is 1.70.